The molecule has 0 saturated heterocycles. The van der Waals surface area contributed by atoms with Gasteiger partial charge < -0.3 is 19.5 Å². The van der Waals surface area contributed by atoms with Gasteiger partial charge in [-0.25, -0.2) is 8.42 Å². The molecule has 0 radical (unpaired) electrons. The highest BCUT2D eigenvalue weighted by Crippen LogP contribution is 2.39. The third-order valence-electron chi connectivity index (χ3n) is 5.05. The molecular formula is C22H28N2O6S. The highest BCUT2D eigenvalue weighted by molar-refractivity contribution is 7.92. The van der Waals surface area contributed by atoms with Crippen LogP contribution in [0.15, 0.2) is 42.5 Å². The van der Waals surface area contributed by atoms with Gasteiger partial charge in [-0.2, -0.15) is 0 Å². The molecule has 2 aromatic rings. The lowest BCUT2D eigenvalue weighted by Crippen LogP contribution is -2.45. The summed E-state index contributed by atoms with van der Waals surface area (Å²) in [5.41, 5.74) is 0.617. The average Bonchev–Trinajstić information content (AvgIpc) is 2.70. The van der Waals surface area contributed by atoms with Crippen LogP contribution in [0.4, 0.5) is 5.69 Å². The molecule has 9 heteroatoms. The molecule has 0 bridgehead atoms. The fourth-order valence-corrected chi connectivity index (χ4v) is 4.53. The molecule has 31 heavy (non-hydrogen) atoms. The molecule has 3 rings (SSSR count). The number of hydrogen-bond acceptors (Lipinski definition) is 6. The molecule has 0 aliphatic carbocycles. The van der Waals surface area contributed by atoms with E-state index in [1.807, 2.05) is 38.1 Å². The number of amides is 1. The number of fused-ring (bicyclic) bond motifs is 1. The summed E-state index contributed by atoms with van der Waals surface area (Å²) in [6.45, 7) is 3.50. The van der Waals surface area contributed by atoms with Crippen molar-refractivity contribution in [1.82, 2.24) is 5.32 Å². The molecule has 0 aromatic heterocycles. The molecule has 1 atom stereocenters. The number of sulfonamides is 1. The van der Waals surface area contributed by atoms with Crippen molar-refractivity contribution in [3.63, 3.8) is 0 Å². The zero-order chi connectivity index (χ0) is 22.8. The van der Waals surface area contributed by atoms with Crippen LogP contribution >= 0.6 is 0 Å². The van der Waals surface area contributed by atoms with Crippen LogP contribution in [0.3, 0.4) is 0 Å². The van der Waals surface area contributed by atoms with E-state index in [0.717, 1.165) is 16.1 Å². The minimum absolute atomic E-state index is 0.229. The molecule has 1 N–H and O–H groups in total. The molecule has 0 saturated carbocycles. The summed E-state index contributed by atoms with van der Waals surface area (Å²) in [6.07, 6.45) is 1.60. The molecule has 1 amide bonds. The van der Waals surface area contributed by atoms with Gasteiger partial charge >= 0.3 is 0 Å². The quantitative estimate of drug-likeness (QED) is 0.700. The molecule has 1 aliphatic rings. The predicted octanol–water partition coefficient (Wildman–Crippen LogP) is 2.89. The predicted molar refractivity (Wildman–Crippen MR) is 118 cm³/mol. The number of para-hydroxylation sites is 1. The van der Waals surface area contributed by atoms with Crippen molar-refractivity contribution in [2.75, 3.05) is 31.3 Å². The standard InChI is InChI=1S/C22H28N2O6S/c1-22(2)13-17(16-8-6-7-9-19(16)30-22)23-21(25)14-24(31(5,26)27)18-12-15(28-3)10-11-20(18)29-4/h6-12,17H,13-14H2,1-5H3,(H,23,25)/t17-/m1/s1. The largest absolute Gasteiger partial charge is 0.497 e. The maximum atomic E-state index is 13.0. The second-order valence-corrected chi connectivity index (χ2v) is 9.94. The molecule has 0 unspecified atom stereocenters. The van der Waals surface area contributed by atoms with E-state index in [9.17, 15) is 13.2 Å². The van der Waals surface area contributed by atoms with E-state index in [-0.39, 0.29) is 11.7 Å². The van der Waals surface area contributed by atoms with E-state index in [1.54, 1.807) is 12.1 Å². The molecular weight excluding hydrogens is 420 g/mol. The fourth-order valence-electron chi connectivity index (χ4n) is 3.67. The van der Waals surface area contributed by atoms with Crippen LogP contribution in [0, 0.1) is 0 Å². The molecule has 8 nitrogen and oxygen atoms in total. The van der Waals surface area contributed by atoms with Gasteiger partial charge in [-0.05, 0) is 32.0 Å². The second kappa shape index (κ2) is 8.66. The number of ether oxygens (including phenoxy) is 3. The van der Waals surface area contributed by atoms with Crippen molar-refractivity contribution >= 4 is 21.6 Å². The van der Waals surface area contributed by atoms with Gasteiger partial charge in [-0.1, -0.05) is 18.2 Å². The zero-order valence-corrected chi connectivity index (χ0v) is 19.2. The van der Waals surface area contributed by atoms with Crippen LogP contribution in [-0.2, 0) is 14.8 Å². The first kappa shape index (κ1) is 22.7. The van der Waals surface area contributed by atoms with Crippen LogP contribution in [0.25, 0.3) is 0 Å². The van der Waals surface area contributed by atoms with Crippen LogP contribution in [0.2, 0.25) is 0 Å². The number of carbonyl (C=O) groups is 1. The van der Waals surface area contributed by atoms with Gasteiger partial charge in [-0.3, -0.25) is 9.10 Å². The first-order valence-electron chi connectivity index (χ1n) is 9.81. The van der Waals surface area contributed by atoms with Crippen LogP contribution in [-0.4, -0.2) is 46.9 Å². The van der Waals surface area contributed by atoms with Crippen molar-refractivity contribution in [3.8, 4) is 17.2 Å². The smallest absolute Gasteiger partial charge is 0.241 e. The Kier molecular flexibility index (Phi) is 6.35. The number of benzene rings is 2. The summed E-state index contributed by atoms with van der Waals surface area (Å²) in [6, 6.07) is 12.0. The second-order valence-electron chi connectivity index (χ2n) is 8.03. The lowest BCUT2D eigenvalue weighted by atomic mass is 9.89. The number of hydrogen-bond donors (Lipinski definition) is 1. The Balaban J connectivity index is 1.88. The first-order valence-corrected chi connectivity index (χ1v) is 11.7. The number of nitrogens with zero attached hydrogens (tertiary/aromatic N) is 1. The van der Waals surface area contributed by atoms with E-state index < -0.39 is 28.1 Å². The Hall–Kier alpha value is -2.94. The van der Waals surface area contributed by atoms with Crippen molar-refractivity contribution < 1.29 is 27.4 Å². The number of anilines is 1. The number of carbonyl (C=O) groups excluding carboxylic acids is 1. The lowest BCUT2D eigenvalue weighted by molar-refractivity contribution is -0.120. The van der Waals surface area contributed by atoms with E-state index >= 15 is 0 Å². The van der Waals surface area contributed by atoms with Crippen molar-refractivity contribution in [2.24, 2.45) is 0 Å². The third kappa shape index (κ3) is 5.22. The van der Waals surface area contributed by atoms with Crippen LogP contribution in [0.1, 0.15) is 31.9 Å². The van der Waals surface area contributed by atoms with E-state index in [2.05, 4.69) is 5.32 Å². The molecule has 0 fully saturated rings. The average molecular weight is 449 g/mol. The summed E-state index contributed by atoms with van der Waals surface area (Å²) < 4.78 is 42.7. The highest BCUT2D eigenvalue weighted by Gasteiger charge is 2.35. The zero-order valence-electron chi connectivity index (χ0n) is 18.3. The summed E-state index contributed by atoms with van der Waals surface area (Å²) >= 11 is 0. The van der Waals surface area contributed by atoms with Gasteiger partial charge in [0.25, 0.3) is 0 Å². The molecule has 1 aliphatic heterocycles. The first-order chi connectivity index (χ1) is 14.5. The fraction of sp³-hybridized carbons (Fsp3) is 0.409. The number of methoxy groups -OCH3 is 2. The summed E-state index contributed by atoms with van der Waals surface area (Å²) in [5, 5.41) is 2.97. The van der Waals surface area contributed by atoms with Gasteiger partial charge in [0.2, 0.25) is 15.9 Å². The number of rotatable bonds is 7. The SMILES string of the molecule is COc1ccc(OC)c(N(CC(=O)N[C@@H]2CC(C)(C)Oc3ccccc32)S(C)(=O)=O)c1. The highest BCUT2D eigenvalue weighted by atomic mass is 32.2. The Morgan fingerprint density at radius 3 is 2.55 bits per heavy atom. The Labute approximate surface area is 183 Å². The molecule has 0 spiro atoms. The minimum atomic E-state index is -3.78. The van der Waals surface area contributed by atoms with Gasteiger partial charge in [-0.15, -0.1) is 0 Å². The molecule has 168 valence electrons. The summed E-state index contributed by atoms with van der Waals surface area (Å²) in [7, 11) is -0.866. The number of nitrogens with one attached hydrogen (secondary N) is 1. The van der Waals surface area contributed by atoms with Crippen molar-refractivity contribution in [2.45, 2.75) is 31.9 Å². The maximum absolute atomic E-state index is 13.0. The maximum Gasteiger partial charge on any atom is 0.241 e. The van der Waals surface area contributed by atoms with E-state index in [1.165, 1.54) is 20.3 Å². The Morgan fingerprint density at radius 2 is 1.90 bits per heavy atom. The molecule has 2 aromatic carbocycles. The van der Waals surface area contributed by atoms with Gasteiger partial charge in [0.1, 0.15) is 29.4 Å². The van der Waals surface area contributed by atoms with Crippen molar-refractivity contribution in [3.05, 3.63) is 48.0 Å². The van der Waals surface area contributed by atoms with E-state index in [0.29, 0.717) is 23.7 Å². The topological polar surface area (TPSA) is 94.2 Å². The molecule has 1 heterocycles. The normalized spacial score (nSPS) is 17.1. The van der Waals surface area contributed by atoms with Crippen LogP contribution in [0.5, 0.6) is 17.2 Å². The van der Waals surface area contributed by atoms with Crippen LogP contribution < -0.4 is 23.8 Å². The van der Waals surface area contributed by atoms with Gasteiger partial charge in [0.05, 0.1) is 32.2 Å². The third-order valence-corrected chi connectivity index (χ3v) is 6.18. The van der Waals surface area contributed by atoms with Gasteiger partial charge in [0.15, 0.2) is 0 Å². The van der Waals surface area contributed by atoms with E-state index in [4.69, 9.17) is 14.2 Å². The van der Waals surface area contributed by atoms with Crippen molar-refractivity contribution in [1.29, 1.82) is 0 Å². The summed E-state index contributed by atoms with van der Waals surface area (Å²) in [4.78, 5) is 13.0. The lowest BCUT2D eigenvalue weighted by Gasteiger charge is -2.38. The minimum Gasteiger partial charge on any atom is -0.497 e. The Bertz CT molecular complexity index is 1070. The Morgan fingerprint density at radius 1 is 1.19 bits per heavy atom. The monoisotopic (exact) mass is 448 g/mol. The summed E-state index contributed by atoms with van der Waals surface area (Å²) in [5.74, 6) is 1.04. The van der Waals surface area contributed by atoms with Gasteiger partial charge in [0, 0.05) is 18.1 Å².